The molecule has 2 aliphatic carbocycles. The van der Waals surface area contributed by atoms with Crippen molar-refractivity contribution in [2.75, 3.05) is 52.9 Å². The predicted octanol–water partition coefficient (Wildman–Crippen LogP) is 6.65. The van der Waals surface area contributed by atoms with Gasteiger partial charge in [-0.1, -0.05) is 26.8 Å². The summed E-state index contributed by atoms with van der Waals surface area (Å²) in [5, 5.41) is 18.8. The fourth-order valence-electron chi connectivity index (χ4n) is 10.5. The maximum absolute atomic E-state index is 13.0. The smallest absolute Gasteiger partial charge is 0.205 e. The molecule has 1 unspecified atom stereocenters. The van der Waals surface area contributed by atoms with E-state index in [1.54, 1.807) is 12.3 Å². The van der Waals surface area contributed by atoms with Crippen LogP contribution in [0.1, 0.15) is 82.8 Å². The number of nitrogens with one attached hydrogen (secondary N) is 1. The summed E-state index contributed by atoms with van der Waals surface area (Å²) in [6, 6.07) is 18.0. The number of aryl methyl sites for hydroxylation is 2. The molecule has 0 saturated carbocycles. The maximum Gasteiger partial charge on any atom is 0.205 e. The normalized spacial score (nSPS) is 16.6. The van der Waals surface area contributed by atoms with E-state index in [2.05, 4.69) is 85.9 Å². The highest BCUT2D eigenvalue weighted by atomic mass is 16.3. The second-order valence-electron chi connectivity index (χ2n) is 16.5. The number of fused-ring (bicyclic) bond motifs is 14. The van der Waals surface area contributed by atoms with Crippen molar-refractivity contribution in [2.24, 2.45) is 0 Å². The van der Waals surface area contributed by atoms with Crippen molar-refractivity contribution in [1.82, 2.24) is 28.9 Å². The van der Waals surface area contributed by atoms with Gasteiger partial charge in [-0.25, -0.2) is 0 Å². The number of hydrogen-bond donors (Lipinski definition) is 2. The number of aromatic nitrogens is 3. The molecule has 0 amide bonds. The molecule has 10 rings (SSSR count). The summed E-state index contributed by atoms with van der Waals surface area (Å²) in [5.41, 5.74) is 11.0. The van der Waals surface area contributed by atoms with Crippen LogP contribution in [0.25, 0.3) is 54.5 Å². The van der Waals surface area contributed by atoms with Crippen LogP contribution in [0.15, 0.2) is 65.6 Å². The zero-order valence-electron chi connectivity index (χ0n) is 34.5. The number of rotatable bonds is 12. The number of nitrogens with zero attached hydrogens (tertiary/aromatic N) is 6. The quantitative estimate of drug-likeness (QED) is 0.134. The van der Waals surface area contributed by atoms with Crippen molar-refractivity contribution in [1.29, 1.82) is 0 Å². The first-order valence-electron chi connectivity index (χ1n) is 21.4. The van der Waals surface area contributed by atoms with E-state index in [9.17, 15) is 19.5 Å². The topological polar surface area (TPSA) is 110 Å². The molecule has 0 spiro atoms. The number of ketones is 2. The van der Waals surface area contributed by atoms with Crippen molar-refractivity contribution < 1.29 is 19.4 Å². The molecule has 0 fully saturated rings. The summed E-state index contributed by atoms with van der Waals surface area (Å²) >= 11 is 0. The van der Waals surface area contributed by atoms with Gasteiger partial charge < -0.3 is 24.1 Å². The van der Waals surface area contributed by atoms with Crippen LogP contribution < -0.4 is 5.43 Å². The Hall–Kier alpha value is -5.62. The molecule has 3 aliphatic rings. The molecule has 11 nitrogen and oxygen atoms in total. The molecule has 4 aromatic carbocycles. The summed E-state index contributed by atoms with van der Waals surface area (Å²) in [4.78, 5) is 47.1. The number of aliphatic hydroxyl groups excluding tert-OH is 1. The molecule has 2 N–H and O–H groups in total. The molecule has 59 heavy (non-hydrogen) atoms. The fourth-order valence-corrected chi connectivity index (χ4v) is 10.5. The van der Waals surface area contributed by atoms with Crippen molar-refractivity contribution in [3.8, 4) is 0 Å². The number of pyridine rings is 1. The second-order valence-corrected chi connectivity index (χ2v) is 16.5. The van der Waals surface area contributed by atoms with Gasteiger partial charge in [0.1, 0.15) is 0 Å². The molecule has 4 heterocycles. The maximum atomic E-state index is 13.0. The lowest BCUT2D eigenvalue weighted by atomic mass is 9.95. The van der Waals surface area contributed by atoms with Gasteiger partial charge >= 0.3 is 0 Å². The first kappa shape index (κ1) is 37.6. The van der Waals surface area contributed by atoms with Crippen LogP contribution in [0, 0.1) is 0 Å². The second kappa shape index (κ2) is 14.6. The molecule has 3 aromatic heterocycles. The average Bonchev–Trinajstić information content (AvgIpc) is 4.00. The molecule has 7 aromatic rings. The van der Waals surface area contributed by atoms with Crippen molar-refractivity contribution in [2.45, 2.75) is 65.8 Å². The van der Waals surface area contributed by atoms with Crippen LogP contribution in [0.4, 0.5) is 0 Å². The van der Waals surface area contributed by atoms with Gasteiger partial charge in [-0.2, -0.15) is 5.01 Å². The number of benzene rings is 4. The third kappa shape index (κ3) is 5.80. The van der Waals surface area contributed by atoms with Gasteiger partial charge in [0.2, 0.25) is 12.4 Å². The Kier molecular flexibility index (Phi) is 9.30. The lowest BCUT2D eigenvalue weighted by molar-refractivity contribution is -0.701. The van der Waals surface area contributed by atoms with Crippen LogP contribution in [-0.4, -0.2) is 109 Å². The van der Waals surface area contributed by atoms with Gasteiger partial charge in [-0.05, 0) is 86.1 Å². The molecule has 302 valence electrons. The van der Waals surface area contributed by atoms with E-state index in [1.165, 1.54) is 0 Å². The Morgan fingerprint density at radius 2 is 1.24 bits per heavy atom. The van der Waals surface area contributed by atoms with Crippen molar-refractivity contribution in [3.05, 3.63) is 104 Å². The molecular formula is C48H52N7O4+. The van der Waals surface area contributed by atoms with E-state index in [-0.39, 0.29) is 17.0 Å². The third-order valence-electron chi connectivity index (χ3n) is 13.8. The number of Topliss-reactive ketones (excluding diaryl/α,β-unsaturated/α-hetero) is 2. The standard InChI is InChI=1S/C48H51N7O4/c1-5-51(6-2)23-26-54-36-14-8-29-31(12-18-40(29)56)43(36)45-35-28-53(50(4)48(59)33(35)10-16-38(45)54)25-22-52(7-3)24-27-55-37-15-9-30-32(13-19-41(30)57)44(37)46-39(55)17-11-34-42(58)20-21-49-47(34)46/h8-11,14-17,20-21,28,48,59H,5-7,12-13,18-19,22-27H2,1-4H3/p+1. The Bertz CT molecular complexity index is 2980. The molecular weight excluding hydrogens is 739 g/mol. The van der Waals surface area contributed by atoms with Crippen LogP contribution in [0.3, 0.4) is 0 Å². The molecule has 0 radical (unpaired) electrons. The number of hydrazone groups is 1. The minimum atomic E-state index is -0.825. The number of aromatic amines is 1. The van der Waals surface area contributed by atoms with Gasteiger partial charge in [0, 0.05) is 106 Å². The lowest BCUT2D eigenvalue weighted by Crippen LogP contribution is -2.43. The first-order chi connectivity index (χ1) is 28.7. The van der Waals surface area contributed by atoms with Crippen LogP contribution >= 0.6 is 0 Å². The van der Waals surface area contributed by atoms with Gasteiger partial charge in [0.25, 0.3) is 0 Å². The highest BCUT2D eigenvalue weighted by molar-refractivity contribution is 6.23. The average molecular weight is 791 g/mol. The van der Waals surface area contributed by atoms with Gasteiger partial charge in [-0.3, -0.25) is 19.3 Å². The first-order valence-corrected chi connectivity index (χ1v) is 21.4. The lowest BCUT2D eigenvalue weighted by Gasteiger charge is -2.29. The Morgan fingerprint density at radius 3 is 1.88 bits per heavy atom. The monoisotopic (exact) mass is 790 g/mol. The van der Waals surface area contributed by atoms with E-state index >= 15 is 0 Å². The number of H-pyrrole nitrogens is 1. The van der Waals surface area contributed by atoms with E-state index in [0.29, 0.717) is 31.2 Å². The van der Waals surface area contributed by atoms with Crippen LogP contribution in [-0.2, 0) is 25.9 Å². The van der Waals surface area contributed by atoms with E-state index in [4.69, 9.17) is 0 Å². The predicted molar refractivity (Wildman–Crippen MR) is 235 cm³/mol. The summed E-state index contributed by atoms with van der Waals surface area (Å²) in [5.74, 6) is 0.394. The zero-order chi connectivity index (χ0) is 40.7. The molecule has 11 heteroatoms. The summed E-state index contributed by atoms with van der Waals surface area (Å²) in [6.07, 6.45) is 5.60. The van der Waals surface area contributed by atoms with E-state index in [1.807, 2.05) is 30.3 Å². The van der Waals surface area contributed by atoms with Gasteiger partial charge in [0.05, 0.1) is 35.7 Å². The van der Waals surface area contributed by atoms with Crippen LogP contribution in [0.2, 0.25) is 0 Å². The van der Waals surface area contributed by atoms with Gasteiger partial charge in [0.15, 0.2) is 23.5 Å². The fraction of sp³-hybridized carbons (Fsp3) is 0.375. The molecule has 0 bridgehead atoms. The van der Waals surface area contributed by atoms with Crippen molar-refractivity contribution in [3.63, 3.8) is 0 Å². The minimum Gasteiger partial charge on any atom is -0.365 e. The minimum absolute atomic E-state index is 0.0182. The van der Waals surface area contributed by atoms with E-state index in [0.717, 1.165) is 141 Å². The molecule has 1 aliphatic heterocycles. The number of aliphatic hydroxyl groups is 1. The third-order valence-corrected chi connectivity index (χ3v) is 13.8. The SMILES string of the molecule is CCN(CC)CCn1c2ccc3c(c2c2c4c(ccc21)C(=O)CC4)C=[N+](CCN(CC)CCn1c2ccc4c(c2c2c5[nH]ccc(=O)c5ccc21)CCC4=O)N(C)C3O. The Balaban J connectivity index is 0.998. The number of carbonyl (C=O) groups excluding carboxylic acids is 2. The number of likely N-dealkylation sites (N-methyl/N-ethyl adjacent to an activating group) is 2. The van der Waals surface area contributed by atoms with Gasteiger partial charge in [-0.15, -0.1) is 4.68 Å². The Morgan fingerprint density at radius 1 is 0.678 bits per heavy atom. The number of carbonyl (C=O) groups is 2. The summed E-state index contributed by atoms with van der Waals surface area (Å²) < 4.78 is 6.94. The molecule has 1 atom stereocenters. The summed E-state index contributed by atoms with van der Waals surface area (Å²) in [7, 11) is 1.95. The highest BCUT2D eigenvalue weighted by Crippen LogP contribution is 2.42. The Labute approximate surface area is 342 Å². The molecule has 0 saturated heterocycles. The highest BCUT2D eigenvalue weighted by Gasteiger charge is 2.34. The zero-order valence-corrected chi connectivity index (χ0v) is 34.5. The number of hydrogen-bond acceptors (Lipinski definition) is 7. The number of hydrazine groups is 1. The van der Waals surface area contributed by atoms with E-state index < -0.39 is 6.23 Å². The summed E-state index contributed by atoms with van der Waals surface area (Å²) in [6.45, 7) is 14.1. The largest absolute Gasteiger partial charge is 0.365 e. The van der Waals surface area contributed by atoms with Crippen LogP contribution in [0.5, 0.6) is 0 Å². The van der Waals surface area contributed by atoms with Crippen molar-refractivity contribution >= 4 is 72.3 Å².